The Morgan fingerprint density at radius 1 is 1.17 bits per heavy atom. The minimum Gasteiger partial charge on any atom is -0.454 e. The lowest BCUT2D eigenvalue weighted by Crippen LogP contribution is -2.25. The van der Waals surface area contributed by atoms with Crippen molar-refractivity contribution in [1.29, 1.82) is 0 Å². The highest BCUT2D eigenvalue weighted by Crippen LogP contribution is 2.32. The Labute approximate surface area is 171 Å². The van der Waals surface area contributed by atoms with Crippen LogP contribution in [0, 0.1) is 0 Å². The van der Waals surface area contributed by atoms with Crippen molar-refractivity contribution in [2.75, 3.05) is 25.8 Å². The zero-order valence-corrected chi connectivity index (χ0v) is 16.1. The monoisotopic (exact) mass is 409 g/mol. The van der Waals surface area contributed by atoms with E-state index in [0.29, 0.717) is 36.0 Å². The first-order valence-electron chi connectivity index (χ1n) is 9.15. The van der Waals surface area contributed by atoms with Gasteiger partial charge in [0.25, 0.3) is 0 Å². The van der Waals surface area contributed by atoms with Gasteiger partial charge in [0.15, 0.2) is 11.5 Å². The molecule has 4 rings (SSSR count). The predicted octanol–water partition coefficient (Wildman–Crippen LogP) is 1.46. The van der Waals surface area contributed by atoms with Crippen LogP contribution in [0.5, 0.6) is 11.5 Å². The summed E-state index contributed by atoms with van der Waals surface area (Å²) in [5, 5.41) is 10.4. The number of nitrogens with one attached hydrogen (secondary N) is 1. The summed E-state index contributed by atoms with van der Waals surface area (Å²) in [4.78, 5) is 24.5. The van der Waals surface area contributed by atoms with Crippen LogP contribution in [0.1, 0.15) is 5.56 Å². The molecule has 3 aromatic rings. The Balaban J connectivity index is 1.39. The number of ether oxygens (including phenoxy) is 3. The topological polar surface area (TPSA) is 110 Å². The van der Waals surface area contributed by atoms with E-state index in [4.69, 9.17) is 14.2 Å². The Morgan fingerprint density at radius 3 is 2.77 bits per heavy atom. The molecule has 10 nitrogen and oxygen atoms in total. The lowest BCUT2D eigenvalue weighted by atomic mass is 10.2. The van der Waals surface area contributed by atoms with E-state index >= 15 is 0 Å². The summed E-state index contributed by atoms with van der Waals surface area (Å²) >= 11 is 0. The fraction of sp³-hybridized carbons (Fsp3) is 0.200. The highest BCUT2D eigenvalue weighted by molar-refractivity contribution is 6.02. The van der Waals surface area contributed by atoms with E-state index in [1.807, 2.05) is 6.07 Å². The summed E-state index contributed by atoms with van der Waals surface area (Å²) in [6.07, 6.45) is 3.11. The zero-order valence-electron chi connectivity index (χ0n) is 16.1. The van der Waals surface area contributed by atoms with Crippen molar-refractivity contribution in [3.8, 4) is 17.2 Å². The summed E-state index contributed by atoms with van der Waals surface area (Å²) < 4.78 is 17.9. The molecule has 1 aromatic heterocycles. The predicted molar refractivity (Wildman–Crippen MR) is 108 cm³/mol. The molecule has 30 heavy (non-hydrogen) atoms. The molecule has 1 aliphatic rings. The number of nitrogens with zero attached hydrogens (tertiary/aromatic N) is 4. The van der Waals surface area contributed by atoms with E-state index in [1.165, 1.54) is 15.4 Å². The highest BCUT2D eigenvalue weighted by Gasteiger charge is 2.12. The number of anilines is 1. The van der Waals surface area contributed by atoms with Gasteiger partial charge in [-0.3, -0.25) is 4.79 Å². The number of benzene rings is 2. The third-order valence-electron chi connectivity index (χ3n) is 4.35. The van der Waals surface area contributed by atoms with Gasteiger partial charge in [-0.2, -0.15) is 9.36 Å². The molecule has 2 aromatic carbocycles. The maximum absolute atomic E-state index is 12.3. The Hall–Kier alpha value is -3.92. The maximum Gasteiger partial charge on any atom is 0.368 e. The Bertz CT molecular complexity index is 1130. The average molecular weight is 409 g/mol. The fourth-order valence-electron chi connectivity index (χ4n) is 2.81. The molecule has 0 bridgehead atoms. The number of hydrogen-bond acceptors (Lipinski definition) is 7. The molecule has 0 unspecified atom stereocenters. The quantitative estimate of drug-likeness (QED) is 0.588. The van der Waals surface area contributed by atoms with Crippen LogP contribution < -0.4 is 20.5 Å². The third kappa shape index (κ3) is 4.23. The van der Waals surface area contributed by atoms with Gasteiger partial charge in [-0.25, -0.2) is 4.79 Å². The van der Waals surface area contributed by atoms with Gasteiger partial charge >= 0.3 is 5.69 Å². The Kier molecular flexibility index (Phi) is 5.57. The number of methoxy groups -OCH3 is 1. The summed E-state index contributed by atoms with van der Waals surface area (Å²) in [7, 11) is 1.55. The van der Waals surface area contributed by atoms with E-state index in [2.05, 4.69) is 15.7 Å². The van der Waals surface area contributed by atoms with Crippen LogP contribution in [0.2, 0.25) is 0 Å². The van der Waals surface area contributed by atoms with Crippen LogP contribution in [0.4, 0.5) is 5.69 Å². The highest BCUT2D eigenvalue weighted by atomic mass is 16.7. The van der Waals surface area contributed by atoms with Crippen molar-refractivity contribution < 1.29 is 19.0 Å². The average Bonchev–Trinajstić information content (AvgIpc) is 3.37. The second-order valence-corrected chi connectivity index (χ2v) is 6.37. The standard InChI is InChI=1S/C20H19N5O5/c1-28-11-10-24-20(27)25(23-22-24)16-6-4-15(5-7-16)21-19(26)9-3-14-2-8-17-18(12-14)30-13-29-17/h2-9,12H,10-11,13H2,1H3,(H,21,26). The van der Waals surface area contributed by atoms with Crippen molar-refractivity contribution in [2.45, 2.75) is 6.54 Å². The molecule has 1 aliphatic heterocycles. The number of fused-ring (bicyclic) bond motifs is 1. The SMILES string of the molecule is COCCn1nnn(-c2ccc(NC(=O)C=Cc3ccc4c(c3)OCO4)cc2)c1=O. The van der Waals surface area contributed by atoms with E-state index in [1.54, 1.807) is 49.6 Å². The molecule has 0 atom stereocenters. The van der Waals surface area contributed by atoms with Gasteiger partial charge in [-0.1, -0.05) is 6.07 Å². The fourth-order valence-corrected chi connectivity index (χ4v) is 2.81. The number of tetrazole rings is 1. The molecular formula is C20H19N5O5. The van der Waals surface area contributed by atoms with Crippen LogP contribution >= 0.6 is 0 Å². The van der Waals surface area contributed by atoms with Gasteiger partial charge in [0.05, 0.1) is 18.8 Å². The first kappa shape index (κ1) is 19.4. The zero-order chi connectivity index (χ0) is 20.9. The van der Waals surface area contributed by atoms with Crippen molar-refractivity contribution in [2.24, 2.45) is 0 Å². The van der Waals surface area contributed by atoms with Crippen molar-refractivity contribution in [1.82, 2.24) is 19.8 Å². The number of hydrogen-bond donors (Lipinski definition) is 1. The number of carbonyl (C=O) groups is 1. The molecule has 10 heteroatoms. The van der Waals surface area contributed by atoms with Gasteiger partial charge in [0.2, 0.25) is 12.7 Å². The largest absolute Gasteiger partial charge is 0.454 e. The van der Waals surface area contributed by atoms with Gasteiger partial charge in [0.1, 0.15) is 0 Å². The third-order valence-corrected chi connectivity index (χ3v) is 4.35. The van der Waals surface area contributed by atoms with Crippen LogP contribution in [0.25, 0.3) is 11.8 Å². The van der Waals surface area contributed by atoms with Crippen LogP contribution in [-0.4, -0.2) is 46.2 Å². The summed E-state index contributed by atoms with van der Waals surface area (Å²) in [5.74, 6) is 1.06. The molecule has 2 heterocycles. The van der Waals surface area contributed by atoms with Gasteiger partial charge in [-0.15, -0.1) is 0 Å². The lowest BCUT2D eigenvalue weighted by Gasteiger charge is -2.04. The second kappa shape index (κ2) is 8.62. The van der Waals surface area contributed by atoms with E-state index < -0.39 is 0 Å². The van der Waals surface area contributed by atoms with Crippen LogP contribution in [-0.2, 0) is 16.1 Å². The van der Waals surface area contributed by atoms with Gasteiger partial charge in [0, 0.05) is 18.9 Å². The smallest absolute Gasteiger partial charge is 0.368 e. The second-order valence-electron chi connectivity index (χ2n) is 6.37. The number of amides is 1. The number of carbonyl (C=O) groups excluding carboxylic acids is 1. The minimum absolute atomic E-state index is 0.203. The molecule has 0 fully saturated rings. The van der Waals surface area contributed by atoms with Crippen molar-refractivity contribution >= 4 is 17.7 Å². The van der Waals surface area contributed by atoms with Crippen molar-refractivity contribution in [3.05, 3.63) is 64.6 Å². The summed E-state index contributed by atoms with van der Waals surface area (Å²) in [5.41, 5.74) is 1.58. The van der Waals surface area contributed by atoms with E-state index in [0.717, 1.165) is 5.56 Å². The van der Waals surface area contributed by atoms with Crippen LogP contribution in [0.15, 0.2) is 53.3 Å². The molecule has 0 saturated heterocycles. The van der Waals surface area contributed by atoms with Crippen molar-refractivity contribution in [3.63, 3.8) is 0 Å². The maximum atomic E-state index is 12.3. The molecule has 0 radical (unpaired) electrons. The molecular weight excluding hydrogens is 390 g/mol. The lowest BCUT2D eigenvalue weighted by molar-refractivity contribution is -0.111. The van der Waals surface area contributed by atoms with Gasteiger partial charge < -0.3 is 19.5 Å². The first-order valence-corrected chi connectivity index (χ1v) is 9.15. The number of rotatable bonds is 7. The molecule has 154 valence electrons. The molecule has 0 spiro atoms. The van der Waals surface area contributed by atoms with E-state index in [9.17, 15) is 9.59 Å². The van der Waals surface area contributed by atoms with Gasteiger partial charge in [-0.05, 0) is 58.5 Å². The minimum atomic E-state index is -0.365. The number of aromatic nitrogens is 4. The Morgan fingerprint density at radius 2 is 1.97 bits per heavy atom. The molecule has 0 saturated carbocycles. The summed E-state index contributed by atoms with van der Waals surface area (Å²) in [6, 6.07) is 12.2. The normalized spacial score (nSPS) is 12.4. The van der Waals surface area contributed by atoms with E-state index in [-0.39, 0.29) is 18.4 Å². The molecule has 1 amide bonds. The molecule has 1 N–H and O–H groups in total. The summed E-state index contributed by atoms with van der Waals surface area (Å²) in [6.45, 7) is 0.886. The first-order chi connectivity index (χ1) is 14.6. The van der Waals surface area contributed by atoms with Crippen LogP contribution in [0.3, 0.4) is 0 Å². The molecule has 0 aliphatic carbocycles.